The van der Waals surface area contributed by atoms with Gasteiger partial charge < -0.3 is 0 Å². The van der Waals surface area contributed by atoms with Gasteiger partial charge in [0.25, 0.3) is 0 Å². The fourth-order valence-electron chi connectivity index (χ4n) is 2.66. The summed E-state index contributed by atoms with van der Waals surface area (Å²) in [5, 5.41) is 1.03. The van der Waals surface area contributed by atoms with Gasteiger partial charge in [0.15, 0.2) is 0 Å². The van der Waals surface area contributed by atoms with E-state index < -0.39 is 14.3 Å². The molecule has 5 heteroatoms. The molecule has 1 rings (SSSR count). The Morgan fingerprint density at radius 3 is 1.85 bits per heavy atom. The number of benzene rings is 1. The van der Waals surface area contributed by atoms with Crippen LogP contribution in [0.3, 0.4) is 0 Å². The van der Waals surface area contributed by atoms with Crippen LogP contribution in [0.2, 0.25) is 23.2 Å². The number of hydrogen-bond acceptors (Lipinski definition) is 0. The van der Waals surface area contributed by atoms with Gasteiger partial charge in [0.2, 0.25) is 0 Å². The average molecular weight is 321 g/mol. The Morgan fingerprint density at radius 1 is 1.05 bits per heavy atom. The molecule has 0 aliphatic carbocycles. The van der Waals surface area contributed by atoms with E-state index in [0.717, 1.165) is 18.1 Å². The fraction of sp³-hybridized carbons (Fsp3) is 0.467. The maximum atomic E-state index is 12.9. The molecular weight excluding hydrogens is 301 g/mol. The first-order chi connectivity index (χ1) is 9.28. The van der Waals surface area contributed by atoms with Crippen molar-refractivity contribution in [3.63, 3.8) is 0 Å². The molecule has 0 aromatic heterocycles. The van der Waals surface area contributed by atoms with E-state index >= 15 is 0 Å². The molecule has 20 heavy (non-hydrogen) atoms. The zero-order chi connectivity index (χ0) is 15.4. The van der Waals surface area contributed by atoms with Gasteiger partial charge in [-0.05, 0) is 22.9 Å². The number of hydrogen-bond donors (Lipinski definition) is 0. The van der Waals surface area contributed by atoms with Gasteiger partial charge in [-0.1, -0.05) is 62.6 Å². The SMILES string of the molecule is CC[Si](CC)(CC)/C(=C/C(F)(F)F)c1ccc(Cl)cc1. The summed E-state index contributed by atoms with van der Waals surface area (Å²) in [7, 11) is -2.12. The second-order valence-electron chi connectivity index (χ2n) is 4.95. The zero-order valence-electron chi connectivity index (χ0n) is 12.0. The average Bonchev–Trinajstić information content (AvgIpc) is 2.40. The molecule has 0 bridgehead atoms. The van der Waals surface area contributed by atoms with Crippen molar-refractivity contribution in [2.24, 2.45) is 0 Å². The van der Waals surface area contributed by atoms with Crippen LogP contribution >= 0.6 is 11.6 Å². The molecule has 0 nitrogen and oxygen atoms in total. The van der Waals surface area contributed by atoms with Crippen molar-refractivity contribution >= 4 is 24.9 Å². The predicted molar refractivity (Wildman–Crippen MR) is 82.7 cm³/mol. The van der Waals surface area contributed by atoms with Crippen LogP contribution in [-0.4, -0.2) is 14.3 Å². The monoisotopic (exact) mass is 320 g/mol. The predicted octanol–water partition coefficient (Wildman–Crippen LogP) is 6.33. The van der Waals surface area contributed by atoms with E-state index in [4.69, 9.17) is 11.6 Å². The van der Waals surface area contributed by atoms with Crippen molar-refractivity contribution in [2.75, 3.05) is 0 Å². The molecule has 0 heterocycles. The summed E-state index contributed by atoms with van der Waals surface area (Å²) in [6.45, 7) is 6.00. The van der Waals surface area contributed by atoms with E-state index in [-0.39, 0.29) is 0 Å². The lowest BCUT2D eigenvalue weighted by Gasteiger charge is -2.32. The second-order valence-corrected chi connectivity index (χ2v) is 10.6. The number of halogens is 4. The van der Waals surface area contributed by atoms with Crippen LogP contribution in [0.4, 0.5) is 13.2 Å². The van der Waals surface area contributed by atoms with Gasteiger partial charge in [0, 0.05) is 11.1 Å². The highest BCUT2D eigenvalue weighted by atomic mass is 35.5. The molecule has 0 atom stereocenters. The maximum absolute atomic E-state index is 12.9. The van der Waals surface area contributed by atoms with Crippen LogP contribution in [0.1, 0.15) is 26.3 Å². The molecule has 0 N–H and O–H groups in total. The molecule has 0 saturated carbocycles. The first kappa shape index (κ1) is 17.3. The highest BCUT2D eigenvalue weighted by Gasteiger charge is 2.36. The van der Waals surface area contributed by atoms with E-state index in [1.165, 1.54) is 0 Å². The number of rotatable bonds is 5. The lowest BCUT2D eigenvalue weighted by Crippen LogP contribution is -2.34. The Hall–Kier alpha value is -0.743. The van der Waals surface area contributed by atoms with Gasteiger partial charge >= 0.3 is 6.18 Å². The lowest BCUT2D eigenvalue weighted by atomic mass is 10.2. The molecule has 112 valence electrons. The summed E-state index contributed by atoms with van der Waals surface area (Å²) in [4.78, 5) is 0. The van der Waals surface area contributed by atoms with E-state index in [2.05, 4.69) is 0 Å². The van der Waals surface area contributed by atoms with Gasteiger partial charge in [0.1, 0.15) is 0 Å². The molecular formula is C15H20ClF3Si. The van der Waals surface area contributed by atoms with Gasteiger partial charge in [-0.15, -0.1) is 0 Å². The zero-order valence-corrected chi connectivity index (χ0v) is 13.8. The second kappa shape index (κ2) is 6.81. The largest absolute Gasteiger partial charge is 0.409 e. The van der Waals surface area contributed by atoms with Crippen molar-refractivity contribution < 1.29 is 13.2 Å². The van der Waals surface area contributed by atoms with Crippen LogP contribution in [0.15, 0.2) is 30.3 Å². The molecule has 0 amide bonds. The first-order valence-corrected chi connectivity index (χ1v) is 9.84. The summed E-state index contributed by atoms with van der Waals surface area (Å²) in [5.41, 5.74) is 0.656. The van der Waals surface area contributed by atoms with Crippen molar-refractivity contribution in [1.29, 1.82) is 0 Å². The van der Waals surface area contributed by atoms with E-state index in [0.29, 0.717) is 21.9 Å². The molecule has 0 saturated heterocycles. The molecule has 0 radical (unpaired) electrons. The van der Waals surface area contributed by atoms with Crippen molar-refractivity contribution in [2.45, 2.75) is 45.1 Å². The van der Waals surface area contributed by atoms with Crippen LogP contribution in [-0.2, 0) is 0 Å². The van der Waals surface area contributed by atoms with E-state index in [1.807, 2.05) is 20.8 Å². The van der Waals surface area contributed by atoms with Crippen molar-refractivity contribution in [1.82, 2.24) is 0 Å². The number of alkyl halides is 3. The topological polar surface area (TPSA) is 0 Å². The standard InChI is InChI=1S/C15H20ClF3Si/c1-4-20(5-2,6-3)14(11-15(17,18)19)12-7-9-13(16)10-8-12/h7-11H,4-6H2,1-3H3/b14-11+. The van der Waals surface area contributed by atoms with Gasteiger partial charge in [-0.3, -0.25) is 0 Å². The summed E-state index contributed by atoms with van der Waals surface area (Å²) in [5.74, 6) is 0. The third-order valence-electron chi connectivity index (χ3n) is 4.06. The van der Waals surface area contributed by atoms with Crippen molar-refractivity contribution in [3.05, 3.63) is 40.9 Å². The summed E-state index contributed by atoms with van der Waals surface area (Å²) in [6.07, 6.45) is -3.77. The Bertz CT molecular complexity index is 451. The summed E-state index contributed by atoms with van der Waals surface area (Å²) >= 11 is 5.83. The maximum Gasteiger partial charge on any atom is 0.409 e. The quantitative estimate of drug-likeness (QED) is 0.556. The minimum Gasteiger partial charge on any atom is -0.167 e. The molecule has 0 aliphatic rings. The molecule has 0 fully saturated rings. The third-order valence-corrected chi connectivity index (χ3v) is 9.95. The summed E-state index contributed by atoms with van der Waals surface area (Å²) in [6, 6.07) is 9.13. The molecule has 1 aromatic rings. The Balaban J connectivity index is 3.43. The van der Waals surface area contributed by atoms with Gasteiger partial charge in [-0.2, -0.15) is 13.2 Å². The van der Waals surface area contributed by atoms with Gasteiger partial charge in [-0.25, -0.2) is 0 Å². The van der Waals surface area contributed by atoms with Crippen LogP contribution < -0.4 is 0 Å². The van der Waals surface area contributed by atoms with Crippen molar-refractivity contribution in [3.8, 4) is 0 Å². The van der Waals surface area contributed by atoms with Crippen LogP contribution in [0.25, 0.3) is 5.20 Å². The first-order valence-electron chi connectivity index (χ1n) is 6.84. The Labute approximate surface area is 124 Å². The van der Waals surface area contributed by atoms with E-state index in [1.54, 1.807) is 24.3 Å². The van der Waals surface area contributed by atoms with Gasteiger partial charge in [0.05, 0.1) is 8.07 Å². The minimum absolute atomic E-state index is 0.495. The third kappa shape index (κ3) is 4.12. The smallest absolute Gasteiger partial charge is 0.167 e. The lowest BCUT2D eigenvalue weighted by molar-refractivity contribution is -0.0792. The molecule has 0 spiro atoms. The molecule has 1 aromatic carbocycles. The van der Waals surface area contributed by atoms with Crippen LogP contribution in [0, 0.1) is 0 Å². The number of allylic oxidation sites excluding steroid dienone is 1. The van der Waals surface area contributed by atoms with Crippen LogP contribution in [0.5, 0.6) is 0 Å². The summed E-state index contributed by atoms with van der Waals surface area (Å²) < 4.78 is 38.8. The molecule has 0 aliphatic heterocycles. The minimum atomic E-state index is -4.28. The Morgan fingerprint density at radius 2 is 1.50 bits per heavy atom. The highest BCUT2D eigenvalue weighted by Crippen LogP contribution is 2.38. The Kier molecular flexibility index (Phi) is 5.89. The van der Waals surface area contributed by atoms with E-state index in [9.17, 15) is 13.2 Å². The molecule has 0 unspecified atom stereocenters. The fourth-order valence-corrected chi connectivity index (χ4v) is 6.67. The highest BCUT2D eigenvalue weighted by molar-refractivity contribution is 6.96. The normalized spacial score (nSPS) is 13.7.